The van der Waals surface area contributed by atoms with E-state index in [0.717, 1.165) is 33.7 Å². The minimum Gasteiger partial charge on any atom is -0.497 e. The molecule has 4 aromatic rings. The molecule has 7 nitrogen and oxygen atoms in total. The second-order valence-corrected chi connectivity index (χ2v) is 7.28. The summed E-state index contributed by atoms with van der Waals surface area (Å²) >= 11 is 0. The number of H-pyrrole nitrogens is 1. The summed E-state index contributed by atoms with van der Waals surface area (Å²) in [7, 11) is 2.98. The van der Waals surface area contributed by atoms with Crippen LogP contribution in [0.4, 0.5) is 5.69 Å². The van der Waals surface area contributed by atoms with Crippen LogP contribution in [0.3, 0.4) is 0 Å². The van der Waals surface area contributed by atoms with E-state index in [1.165, 1.54) is 7.11 Å². The first kappa shape index (κ1) is 21.1. The number of anilines is 1. The van der Waals surface area contributed by atoms with Crippen molar-refractivity contribution in [1.29, 1.82) is 0 Å². The average molecular weight is 429 g/mol. The average Bonchev–Trinajstić information content (AvgIpc) is 3.26. The number of carbonyl (C=O) groups excluding carboxylic acids is 2. The number of nitrogens with one attached hydrogen (secondary N) is 2. The zero-order chi connectivity index (χ0) is 22.5. The van der Waals surface area contributed by atoms with Crippen LogP contribution in [0.2, 0.25) is 0 Å². The highest BCUT2D eigenvalue weighted by atomic mass is 16.5. The fraction of sp³-hybridized carbons (Fsp3) is 0.160. The van der Waals surface area contributed by atoms with E-state index < -0.39 is 0 Å². The third-order valence-corrected chi connectivity index (χ3v) is 5.14. The van der Waals surface area contributed by atoms with Gasteiger partial charge in [0.2, 0.25) is 5.91 Å². The number of amides is 1. The van der Waals surface area contributed by atoms with Crippen LogP contribution < -0.4 is 10.1 Å². The molecule has 3 aromatic carbocycles. The van der Waals surface area contributed by atoms with Gasteiger partial charge in [-0.15, -0.1) is 0 Å². The van der Waals surface area contributed by atoms with Gasteiger partial charge in [-0.3, -0.25) is 4.79 Å². The summed E-state index contributed by atoms with van der Waals surface area (Å²) < 4.78 is 9.89. The molecule has 0 saturated heterocycles. The molecule has 0 radical (unpaired) electrons. The van der Waals surface area contributed by atoms with Gasteiger partial charge in [0.05, 0.1) is 30.8 Å². The van der Waals surface area contributed by atoms with E-state index in [1.807, 2.05) is 54.6 Å². The number of ether oxygens (including phenoxy) is 2. The largest absolute Gasteiger partial charge is 0.497 e. The SMILES string of the molecule is COC(=O)c1ccc(CCC(=O)Nc2ccc3nc(-c4ccc(OC)cc4)[nH]c3c2)cc1. The number of hydrogen-bond donors (Lipinski definition) is 2. The second-order valence-electron chi connectivity index (χ2n) is 7.28. The van der Waals surface area contributed by atoms with Crippen molar-refractivity contribution in [2.45, 2.75) is 12.8 Å². The molecule has 0 fully saturated rings. The van der Waals surface area contributed by atoms with E-state index in [2.05, 4.69) is 15.3 Å². The molecule has 0 aliphatic carbocycles. The second kappa shape index (κ2) is 9.34. The van der Waals surface area contributed by atoms with Crippen molar-refractivity contribution in [2.24, 2.45) is 0 Å². The Labute approximate surface area is 185 Å². The highest BCUT2D eigenvalue weighted by molar-refractivity contribution is 5.93. The van der Waals surface area contributed by atoms with Gasteiger partial charge >= 0.3 is 5.97 Å². The van der Waals surface area contributed by atoms with Gasteiger partial charge in [0.1, 0.15) is 11.6 Å². The van der Waals surface area contributed by atoms with Gasteiger partial charge in [-0.05, 0) is 66.6 Å². The molecule has 0 unspecified atom stereocenters. The number of methoxy groups -OCH3 is 2. The smallest absolute Gasteiger partial charge is 0.337 e. The number of imidazole rings is 1. The number of aryl methyl sites for hydroxylation is 1. The number of hydrogen-bond acceptors (Lipinski definition) is 5. The molecule has 2 N–H and O–H groups in total. The van der Waals surface area contributed by atoms with Gasteiger partial charge < -0.3 is 19.8 Å². The van der Waals surface area contributed by atoms with Crippen molar-refractivity contribution in [3.8, 4) is 17.1 Å². The Bertz CT molecular complexity index is 1240. The Morgan fingerprint density at radius 1 is 0.969 bits per heavy atom. The number of rotatable bonds is 7. The summed E-state index contributed by atoms with van der Waals surface area (Å²) in [6.07, 6.45) is 0.900. The van der Waals surface area contributed by atoms with E-state index >= 15 is 0 Å². The lowest BCUT2D eigenvalue weighted by Gasteiger charge is -2.06. The number of fused-ring (bicyclic) bond motifs is 1. The van der Waals surface area contributed by atoms with Crippen molar-refractivity contribution < 1.29 is 19.1 Å². The van der Waals surface area contributed by atoms with E-state index in [4.69, 9.17) is 9.47 Å². The number of benzene rings is 3. The molecule has 1 amide bonds. The lowest BCUT2D eigenvalue weighted by atomic mass is 10.1. The van der Waals surface area contributed by atoms with Crippen molar-refractivity contribution in [1.82, 2.24) is 9.97 Å². The normalized spacial score (nSPS) is 10.7. The van der Waals surface area contributed by atoms with E-state index in [-0.39, 0.29) is 11.9 Å². The quantitative estimate of drug-likeness (QED) is 0.419. The topological polar surface area (TPSA) is 93.3 Å². The number of aromatic nitrogens is 2. The summed E-state index contributed by atoms with van der Waals surface area (Å²) in [5.41, 5.74) is 4.77. The zero-order valence-corrected chi connectivity index (χ0v) is 17.8. The van der Waals surface area contributed by atoms with Crippen molar-refractivity contribution in [2.75, 3.05) is 19.5 Å². The van der Waals surface area contributed by atoms with Crippen LogP contribution in [0, 0.1) is 0 Å². The molecule has 0 bridgehead atoms. The minimum atomic E-state index is -0.376. The molecule has 0 aliphatic heterocycles. The first-order valence-electron chi connectivity index (χ1n) is 10.2. The molecule has 0 spiro atoms. The third kappa shape index (κ3) is 4.78. The predicted molar refractivity (Wildman–Crippen MR) is 123 cm³/mol. The lowest BCUT2D eigenvalue weighted by molar-refractivity contribution is -0.116. The van der Waals surface area contributed by atoms with Gasteiger partial charge in [0, 0.05) is 17.7 Å². The van der Waals surface area contributed by atoms with Crippen LogP contribution in [-0.2, 0) is 16.0 Å². The lowest BCUT2D eigenvalue weighted by Crippen LogP contribution is -2.12. The van der Waals surface area contributed by atoms with Gasteiger partial charge in [0.15, 0.2) is 0 Å². The van der Waals surface area contributed by atoms with Crippen LogP contribution >= 0.6 is 0 Å². The van der Waals surface area contributed by atoms with Crippen molar-refractivity contribution in [3.05, 3.63) is 77.9 Å². The maximum Gasteiger partial charge on any atom is 0.337 e. The van der Waals surface area contributed by atoms with Gasteiger partial charge in [0.25, 0.3) is 0 Å². The fourth-order valence-electron chi connectivity index (χ4n) is 3.38. The van der Waals surface area contributed by atoms with Crippen LogP contribution in [0.1, 0.15) is 22.3 Å². The maximum absolute atomic E-state index is 12.4. The Morgan fingerprint density at radius 2 is 1.72 bits per heavy atom. The molecular formula is C25H23N3O4. The first-order valence-corrected chi connectivity index (χ1v) is 10.2. The molecule has 0 saturated carbocycles. The highest BCUT2D eigenvalue weighted by Gasteiger charge is 2.09. The molecule has 1 heterocycles. The molecule has 32 heavy (non-hydrogen) atoms. The van der Waals surface area contributed by atoms with Crippen LogP contribution in [0.25, 0.3) is 22.4 Å². The minimum absolute atomic E-state index is 0.0868. The predicted octanol–water partition coefficient (Wildman–Crippen LogP) is 4.60. The van der Waals surface area contributed by atoms with Crippen molar-refractivity contribution >= 4 is 28.6 Å². The van der Waals surface area contributed by atoms with E-state index in [1.54, 1.807) is 19.2 Å². The molecule has 0 atom stereocenters. The molecule has 7 heteroatoms. The number of nitrogens with zero attached hydrogens (tertiary/aromatic N) is 1. The first-order chi connectivity index (χ1) is 15.6. The molecule has 4 rings (SSSR count). The third-order valence-electron chi connectivity index (χ3n) is 5.14. The van der Waals surface area contributed by atoms with Crippen LogP contribution in [-0.4, -0.2) is 36.1 Å². The summed E-state index contributed by atoms with van der Waals surface area (Å²) in [4.78, 5) is 31.8. The summed E-state index contributed by atoms with van der Waals surface area (Å²) in [5.74, 6) is 1.07. The van der Waals surface area contributed by atoms with Gasteiger partial charge in [-0.2, -0.15) is 0 Å². The Balaban J connectivity index is 1.39. The number of esters is 1. The Kier molecular flexibility index (Phi) is 6.17. The zero-order valence-electron chi connectivity index (χ0n) is 17.8. The summed E-state index contributed by atoms with van der Waals surface area (Å²) in [6.45, 7) is 0. The van der Waals surface area contributed by atoms with Crippen LogP contribution in [0.5, 0.6) is 5.75 Å². The summed E-state index contributed by atoms with van der Waals surface area (Å²) in [5, 5.41) is 2.93. The molecule has 162 valence electrons. The van der Waals surface area contributed by atoms with E-state index in [0.29, 0.717) is 24.1 Å². The molecule has 0 aliphatic rings. The fourth-order valence-corrected chi connectivity index (χ4v) is 3.38. The maximum atomic E-state index is 12.4. The summed E-state index contributed by atoms with van der Waals surface area (Å²) in [6, 6.07) is 20.3. The highest BCUT2D eigenvalue weighted by Crippen LogP contribution is 2.24. The molecule has 1 aromatic heterocycles. The Hall–Kier alpha value is -4.13. The van der Waals surface area contributed by atoms with Crippen molar-refractivity contribution in [3.63, 3.8) is 0 Å². The monoisotopic (exact) mass is 429 g/mol. The van der Waals surface area contributed by atoms with E-state index in [9.17, 15) is 9.59 Å². The Morgan fingerprint density at radius 3 is 2.41 bits per heavy atom. The van der Waals surface area contributed by atoms with Crippen LogP contribution in [0.15, 0.2) is 66.7 Å². The molecular weight excluding hydrogens is 406 g/mol. The number of aromatic amines is 1. The van der Waals surface area contributed by atoms with Gasteiger partial charge in [-0.25, -0.2) is 9.78 Å². The standard InChI is InChI=1S/C25H23N3O4/c1-31-20-11-8-17(9-12-20)24-27-21-13-10-19(15-22(21)28-24)26-23(29)14-5-16-3-6-18(7-4-16)25(30)32-2/h3-4,6-13,15H,5,14H2,1-2H3,(H,26,29)(H,27,28). The number of carbonyl (C=O) groups is 2. The van der Waals surface area contributed by atoms with Gasteiger partial charge in [-0.1, -0.05) is 12.1 Å².